The lowest BCUT2D eigenvalue weighted by Gasteiger charge is -2.16. The van der Waals surface area contributed by atoms with E-state index < -0.39 is 0 Å². The Morgan fingerprint density at radius 1 is 1.50 bits per heavy atom. The van der Waals surface area contributed by atoms with Gasteiger partial charge in [-0.15, -0.1) is 0 Å². The van der Waals surface area contributed by atoms with Crippen molar-refractivity contribution in [3.63, 3.8) is 0 Å². The highest BCUT2D eigenvalue weighted by atomic mass is 16.5. The molecule has 2 aromatic rings. The zero-order valence-corrected chi connectivity index (χ0v) is 10.8. The minimum Gasteiger partial charge on any atom is -0.469 e. The van der Waals surface area contributed by atoms with Crippen LogP contribution in [0.2, 0.25) is 0 Å². The molecule has 0 radical (unpaired) electrons. The number of unbranched alkanes of at least 4 members (excludes halogenated alkanes) is 1. The lowest BCUT2D eigenvalue weighted by atomic mass is 9.97. The molecule has 4 heteroatoms. The normalized spacial score (nSPS) is 12.6. The Balaban J connectivity index is 2.40. The van der Waals surface area contributed by atoms with Crippen LogP contribution in [0.5, 0.6) is 0 Å². The number of pyridine rings is 1. The molecule has 0 saturated carbocycles. The van der Waals surface area contributed by atoms with Crippen molar-refractivity contribution in [2.75, 3.05) is 7.11 Å². The molecule has 0 aliphatic rings. The SMILES string of the molecule is CCCCC(C(=O)OC)c1cccc2nccn12. The summed E-state index contributed by atoms with van der Waals surface area (Å²) in [5.41, 5.74) is 1.81. The number of fused-ring (bicyclic) bond motifs is 1. The Labute approximate surface area is 107 Å². The first-order chi connectivity index (χ1) is 8.77. The standard InChI is InChI=1S/C14H18N2O2/c1-3-4-6-11(14(17)18-2)12-7-5-8-13-15-9-10-16(12)13/h5,7-11H,3-4,6H2,1-2H3. The number of nitrogens with zero attached hydrogens (tertiary/aromatic N) is 2. The number of hydrogen-bond acceptors (Lipinski definition) is 3. The van der Waals surface area contributed by atoms with Gasteiger partial charge in [0.1, 0.15) is 5.65 Å². The number of carbonyl (C=O) groups excluding carboxylic acids is 1. The summed E-state index contributed by atoms with van der Waals surface area (Å²) in [5, 5.41) is 0. The molecule has 0 N–H and O–H groups in total. The van der Waals surface area contributed by atoms with E-state index in [1.54, 1.807) is 6.20 Å². The summed E-state index contributed by atoms with van der Waals surface area (Å²) in [6.07, 6.45) is 6.50. The third-order valence-corrected chi connectivity index (χ3v) is 3.15. The van der Waals surface area contributed by atoms with E-state index in [0.29, 0.717) is 0 Å². The smallest absolute Gasteiger partial charge is 0.314 e. The summed E-state index contributed by atoms with van der Waals surface area (Å²) in [4.78, 5) is 16.2. The van der Waals surface area contributed by atoms with Crippen LogP contribution in [0, 0.1) is 0 Å². The van der Waals surface area contributed by atoms with E-state index in [1.807, 2.05) is 28.8 Å². The topological polar surface area (TPSA) is 43.6 Å². The molecule has 2 heterocycles. The molecule has 0 aliphatic heterocycles. The minimum absolute atomic E-state index is 0.176. The van der Waals surface area contributed by atoms with Crippen molar-refractivity contribution >= 4 is 11.6 Å². The number of carbonyl (C=O) groups is 1. The molecule has 1 unspecified atom stereocenters. The van der Waals surface area contributed by atoms with Crippen LogP contribution in [0.25, 0.3) is 5.65 Å². The number of hydrogen-bond donors (Lipinski definition) is 0. The predicted molar refractivity (Wildman–Crippen MR) is 69.5 cm³/mol. The maximum atomic E-state index is 11.9. The highest BCUT2D eigenvalue weighted by molar-refractivity contribution is 5.77. The number of methoxy groups -OCH3 is 1. The molecular formula is C14H18N2O2. The van der Waals surface area contributed by atoms with Gasteiger partial charge in [-0.25, -0.2) is 4.98 Å². The second-order valence-electron chi connectivity index (χ2n) is 4.32. The van der Waals surface area contributed by atoms with Crippen LogP contribution in [-0.2, 0) is 9.53 Å². The van der Waals surface area contributed by atoms with Crippen LogP contribution in [0.3, 0.4) is 0 Å². The fraction of sp³-hybridized carbons (Fsp3) is 0.429. The molecule has 96 valence electrons. The van der Waals surface area contributed by atoms with E-state index in [-0.39, 0.29) is 11.9 Å². The van der Waals surface area contributed by atoms with Crippen molar-refractivity contribution in [2.45, 2.75) is 32.1 Å². The van der Waals surface area contributed by atoms with Gasteiger partial charge in [-0.1, -0.05) is 25.8 Å². The summed E-state index contributed by atoms with van der Waals surface area (Å²) in [6.45, 7) is 2.12. The maximum Gasteiger partial charge on any atom is 0.314 e. The third-order valence-electron chi connectivity index (χ3n) is 3.15. The van der Waals surface area contributed by atoms with E-state index in [2.05, 4.69) is 11.9 Å². The summed E-state index contributed by atoms with van der Waals surface area (Å²) in [5.74, 6) is -0.391. The fourth-order valence-electron chi connectivity index (χ4n) is 2.19. The number of ether oxygens (including phenoxy) is 1. The highest BCUT2D eigenvalue weighted by Gasteiger charge is 2.23. The van der Waals surface area contributed by atoms with Gasteiger partial charge < -0.3 is 9.14 Å². The van der Waals surface area contributed by atoms with Crippen molar-refractivity contribution in [1.82, 2.24) is 9.38 Å². The largest absolute Gasteiger partial charge is 0.469 e. The Kier molecular flexibility index (Phi) is 3.97. The summed E-state index contributed by atoms with van der Waals surface area (Å²) >= 11 is 0. The molecule has 0 bridgehead atoms. The van der Waals surface area contributed by atoms with Crippen molar-refractivity contribution in [3.8, 4) is 0 Å². The molecule has 0 fully saturated rings. The number of aromatic nitrogens is 2. The van der Waals surface area contributed by atoms with Crippen LogP contribution in [0.15, 0.2) is 30.6 Å². The molecule has 0 amide bonds. The Morgan fingerprint density at radius 2 is 2.33 bits per heavy atom. The molecule has 2 rings (SSSR count). The monoisotopic (exact) mass is 246 g/mol. The van der Waals surface area contributed by atoms with Crippen LogP contribution in [0.4, 0.5) is 0 Å². The predicted octanol–water partition coefficient (Wildman–Crippen LogP) is 2.78. The molecule has 0 aliphatic carbocycles. The average molecular weight is 246 g/mol. The van der Waals surface area contributed by atoms with E-state index in [9.17, 15) is 4.79 Å². The fourth-order valence-corrected chi connectivity index (χ4v) is 2.19. The lowest BCUT2D eigenvalue weighted by molar-refractivity contribution is -0.142. The Bertz CT molecular complexity index is 533. The van der Waals surface area contributed by atoms with Crippen LogP contribution < -0.4 is 0 Å². The van der Waals surface area contributed by atoms with E-state index >= 15 is 0 Å². The van der Waals surface area contributed by atoms with Crippen molar-refractivity contribution in [1.29, 1.82) is 0 Å². The second-order valence-corrected chi connectivity index (χ2v) is 4.32. The Morgan fingerprint density at radius 3 is 3.06 bits per heavy atom. The molecule has 4 nitrogen and oxygen atoms in total. The van der Waals surface area contributed by atoms with E-state index in [4.69, 9.17) is 4.74 Å². The number of imidazole rings is 1. The summed E-state index contributed by atoms with van der Waals surface area (Å²) in [6, 6.07) is 5.82. The molecule has 2 aromatic heterocycles. The third kappa shape index (κ3) is 2.37. The van der Waals surface area contributed by atoms with Crippen molar-refractivity contribution in [3.05, 3.63) is 36.3 Å². The summed E-state index contributed by atoms with van der Waals surface area (Å²) < 4.78 is 6.87. The second kappa shape index (κ2) is 5.67. The zero-order valence-electron chi connectivity index (χ0n) is 10.8. The Hall–Kier alpha value is -1.84. The first-order valence-corrected chi connectivity index (χ1v) is 6.27. The molecule has 1 atom stereocenters. The maximum absolute atomic E-state index is 11.9. The van der Waals surface area contributed by atoms with Gasteiger partial charge in [0.15, 0.2) is 0 Å². The minimum atomic E-state index is -0.215. The van der Waals surface area contributed by atoms with Crippen molar-refractivity contribution in [2.24, 2.45) is 0 Å². The quantitative estimate of drug-likeness (QED) is 0.762. The summed E-state index contributed by atoms with van der Waals surface area (Å²) in [7, 11) is 1.44. The highest BCUT2D eigenvalue weighted by Crippen LogP contribution is 2.24. The molecule has 0 spiro atoms. The van der Waals surface area contributed by atoms with Crippen molar-refractivity contribution < 1.29 is 9.53 Å². The average Bonchev–Trinajstić information content (AvgIpc) is 2.87. The molecule has 0 saturated heterocycles. The van der Waals surface area contributed by atoms with E-state index in [1.165, 1.54) is 7.11 Å². The van der Waals surface area contributed by atoms with Crippen LogP contribution in [0.1, 0.15) is 37.8 Å². The van der Waals surface area contributed by atoms with Gasteiger partial charge in [0, 0.05) is 18.1 Å². The van der Waals surface area contributed by atoms with E-state index in [0.717, 1.165) is 30.6 Å². The molecular weight excluding hydrogens is 228 g/mol. The van der Waals surface area contributed by atoms with Crippen LogP contribution >= 0.6 is 0 Å². The molecule has 18 heavy (non-hydrogen) atoms. The van der Waals surface area contributed by atoms with Crippen LogP contribution in [-0.4, -0.2) is 22.5 Å². The van der Waals surface area contributed by atoms with Gasteiger partial charge in [-0.3, -0.25) is 4.79 Å². The number of rotatable bonds is 5. The van der Waals surface area contributed by atoms with Gasteiger partial charge in [-0.05, 0) is 18.6 Å². The number of esters is 1. The van der Waals surface area contributed by atoms with Gasteiger partial charge >= 0.3 is 5.97 Å². The van der Waals surface area contributed by atoms with Gasteiger partial charge in [-0.2, -0.15) is 0 Å². The zero-order chi connectivity index (χ0) is 13.0. The first kappa shape index (κ1) is 12.6. The van der Waals surface area contributed by atoms with Gasteiger partial charge in [0.25, 0.3) is 0 Å². The molecule has 0 aromatic carbocycles. The lowest BCUT2D eigenvalue weighted by Crippen LogP contribution is -2.17. The van der Waals surface area contributed by atoms with Gasteiger partial charge in [0.05, 0.1) is 13.0 Å². The first-order valence-electron chi connectivity index (χ1n) is 6.27. The van der Waals surface area contributed by atoms with Gasteiger partial charge in [0.2, 0.25) is 0 Å².